The molecule has 5 nitrogen and oxygen atoms in total. The molecule has 0 fully saturated rings. The molecule has 0 spiro atoms. The molecule has 20 heavy (non-hydrogen) atoms. The van der Waals surface area contributed by atoms with E-state index in [0.717, 1.165) is 11.4 Å². The Kier molecular flexibility index (Phi) is 4.06. The molecule has 102 valence electrons. The number of nitrogens with zero attached hydrogens (tertiary/aromatic N) is 3. The molecule has 1 aromatic carbocycles. The van der Waals surface area contributed by atoms with Crippen molar-refractivity contribution in [3.8, 4) is 11.9 Å². The average Bonchev–Trinajstić information content (AvgIpc) is 2.47. The molecule has 0 amide bonds. The maximum Gasteiger partial charge on any atom is 0.238 e. The number of methoxy groups -OCH3 is 1. The lowest BCUT2D eigenvalue weighted by atomic mass is 10.1. The number of pyridine rings is 1. The van der Waals surface area contributed by atoms with Crippen LogP contribution in [0.5, 0.6) is 5.88 Å². The normalized spacial score (nSPS) is 9.85. The number of ether oxygens (including phenoxy) is 1. The number of hydrogen-bond acceptors (Lipinski definition) is 5. The fourth-order valence-corrected chi connectivity index (χ4v) is 1.91. The van der Waals surface area contributed by atoms with Crippen molar-refractivity contribution < 1.29 is 4.74 Å². The smallest absolute Gasteiger partial charge is 0.238 e. The zero-order valence-electron chi connectivity index (χ0n) is 11.5. The molecule has 1 aromatic heterocycles. The van der Waals surface area contributed by atoms with E-state index in [4.69, 9.17) is 15.7 Å². The number of anilines is 2. The highest BCUT2D eigenvalue weighted by Crippen LogP contribution is 2.23. The van der Waals surface area contributed by atoms with E-state index in [1.165, 1.54) is 0 Å². The van der Waals surface area contributed by atoms with Gasteiger partial charge in [-0.05, 0) is 29.8 Å². The third kappa shape index (κ3) is 2.98. The van der Waals surface area contributed by atoms with Crippen LogP contribution in [0.4, 0.5) is 11.5 Å². The van der Waals surface area contributed by atoms with Crippen LogP contribution in [0.3, 0.4) is 0 Å². The van der Waals surface area contributed by atoms with Crippen LogP contribution >= 0.6 is 0 Å². The zero-order chi connectivity index (χ0) is 14.5. The summed E-state index contributed by atoms with van der Waals surface area (Å²) in [5.41, 5.74) is 7.96. The van der Waals surface area contributed by atoms with Crippen molar-refractivity contribution in [2.24, 2.45) is 0 Å². The Balaban J connectivity index is 2.19. The Hall–Kier alpha value is -2.74. The van der Waals surface area contributed by atoms with E-state index in [-0.39, 0.29) is 0 Å². The standard InChI is InChI=1S/C15H16N4O/c1-19(10-12-5-3-4-11(8-12)9-16)14-7-6-13(17)15(18-14)20-2/h3-8H,10,17H2,1-2H3. The first-order valence-electron chi connectivity index (χ1n) is 6.14. The molecule has 0 saturated heterocycles. The van der Waals surface area contributed by atoms with Gasteiger partial charge in [-0.25, -0.2) is 0 Å². The van der Waals surface area contributed by atoms with Crippen LogP contribution < -0.4 is 15.4 Å². The van der Waals surface area contributed by atoms with Crippen LogP contribution in [0, 0.1) is 11.3 Å². The van der Waals surface area contributed by atoms with Crippen molar-refractivity contribution in [2.45, 2.75) is 6.54 Å². The van der Waals surface area contributed by atoms with Crippen molar-refractivity contribution in [1.82, 2.24) is 4.98 Å². The summed E-state index contributed by atoms with van der Waals surface area (Å²) in [4.78, 5) is 6.31. The van der Waals surface area contributed by atoms with Gasteiger partial charge in [-0.1, -0.05) is 12.1 Å². The van der Waals surface area contributed by atoms with Crippen LogP contribution in [0.15, 0.2) is 36.4 Å². The third-order valence-corrected chi connectivity index (χ3v) is 2.94. The first kappa shape index (κ1) is 13.7. The maximum atomic E-state index is 8.91. The van der Waals surface area contributed by atoms with E-state index >= 15 is 0 Å². The summed E-state index contributed by atoms with van der Waals surface area (Å²) in [5, 5.41) is 8.91. The Morgan fingerprint density at radius 3 is 2.85 bits per heavy atom. The summed E-state index contributed by atoms with van der Waals surface area (Å²) in [6.45, 7) is 0.648. The Bertz CT molecular complexity index is 649. The minimum Gasteiger partial charge on any atom is -0.479 e. The number of nitrogen functional groups attached to an aromatic ring is 1. The number of nitrogens with two attached hydrogens (primary N) is 1. The van der Waals surface area contributed by atoms with Gasteiger partial charge in [0, 0.05) is 13.6 Å². The van der Waals surface area contributed by atoms with Gasteiger partial charge in [0.1, 0.15) is 5.82 Å². The van der Waals surface area contributed by atoms with Crippen LogP contribution in [-0.4, -0.2) is 19.1 Å². The minimum atomic E-state index is 0.417. The van der Waals surface area contributed by atoms with E-state index < -0.39 is 0 Å². The predicted octanol–water partition coefficient (Wildman–Crippen LogP) is 2.18. The predicted molar refractivity (Wildman–Crippen MR) is 78.5 cm³/mol. The lowest BCUT2D eigenvalue weighted by Crippen LogP contribution is -2.18. The summed E-state index contributed by atoms with van der Waals surface area (Å²) in [7, 11) is 3.47. The molecule has 0 saturated carbocycles. The monoisotopic (exact) mass is 268 g/mol. The molecule has 0 aliphatic heterocycles. The van der Waals surface area contributed by atoms with Gasteiger partial charge in [0.05, 0.1) is 24.4 Å². The number of nitriles is 1. The van der Waals surface area contributed by atoms with Gasteiger partial charge >= 0.3 is 0 Å². The van der Waals surface area contributed by atoms with Crippen LogP contribution in [0.2, 0.25) is 0 Å². The van der Waals surface area contributed by atoms with Crippen LogP contribution in [-0.2, 0) is 6.54 Å². The van der Waals surface area contributed by atoms with Gasteiger partial charge in [-0.3, -0.25) is 0 Å². The second-order valence-electron chi connectivity index (χ2n) is 4.44. The van der Waals surface area contributed by atoms with Crippen molar-refractivity contribution in [3.05, 3.63) is 47.5 Å². The summed E-state index contributed by atoms with van der Waals surface area (Å²) in [6.07, 6.45) is 0. The van der Waals surface area contributed by atoms with Gasteiger partial charge in [0.25, 0.3) is 0 Å². The van der Waals surface area contributed by atoms with Gasteiger partial charge in [-0.15, -0.1) is 0 Å². The topological polar surface area (TPSA) is 75.2 Å². The highest BCUT2D eigenvalue weighted by atomic mass is 16.5. The van der Waals surface area contributed by atoms with E-state index in [0.29, 0.717) is 23.7 Å². The number of rotatable bonds is 4. The molecule has 1 heterocycles. The van der Waals surface area contributed by atoms with E-state index in [1.807, 2.05) is 36.2 Å². The lowest BCUT2D eigenvalue weighted by molar-refractivity contribution is 0.400. The molecule has 0 atom stereocenters. The molecule has 0 bridgehead atoms. The molecule has 2 rings (SSSR count). The number of aromatic nitrogens is 1. The van der Waals surface area contributed by atoms with Crippen LogP contribution in [0.25, 0.3) is 0 Å². The van der Waals surface area contributed by atoms with E-state index in [2.05, 4.69) is 11.1 Å². The van der Waals surface area contributed by atoms with Crippen molar-refractivity contribution in [3.63, 3.8) is 0 Å². The fourth-order valence-electron chi connectivity index (χ4n) is 1.91. The SMILES string of the molecule is COc1nc(N(C)Cc2cccc(C#N)c2)ccc1N. The number of benzene rings is 1. The Morgan fingerprint density at radius 2 is 2.15 bits per heavy atom. The molecule has 0 unspecified atom stereocenters. The molecule has 0 aliphatic rings. The molecule has 0 radical (unpaired) electrons. The molecule has 0 aliphatic carbocycles. The highest BCUT2D eigenvalue weighted by molar-refractivity contribution is 5.54. The van der Waals surface area contributed by atoms with Crippen molar-refractivity contribution >= 4 is 11.5 Å². The summed E-state index contributed by atoms with van der Waals surface area (Å²) in [6, 6.07) is 13.2. The molecule has 2 aromatic rings. The first-order chi connectivity index (χ1) is 9.63. The lowest BCUT2D eigenvalue weighted by Gasteiger charge is -2.19. The molecule has 5 heteroatoms. The quantitative estimate of drug-likeness (QED) is 0.919. The summed E-state index contributed by atoms with van der Waals surface area (Å²) < 4.78 is 5.12. The van der Waals surface area contributed by atoms with E-state index in [1.54, 1.807) is 19.2 Å². The van der Waals surface area contributed by atoms with Crippen LogP contribution in [0.1, 0.15) is 11.1 Å². The van der Waals surface area contributed by atoms with Gasteiger partial charge < -0.3 is 15.4 Å². The largest absolute Gasteiger partial charge is 0.479 e. The Labute approximate surface area is 118 Å². The minimum absolute atomic E-state index is 0.417. The zero-order valence-corrected chi connectivity index (χ0v) is 11.5. The second kappa shape index (κ2) is 5.93. The number of hydrogen-bond donors (Lipinski definition) is 1. The highest BCUT2D eigenvalue weighted by Gasteiger charge is 2.08. The summed E-state index contributed by atoms with van der Waals surface area (Å²) >= 11 is 0. The van der Waals surface area contributed by atoms with Gasteiger partial charge in [0.15, 0.2) is 0 Å². The Morgan fingerprint density at radius 1 is 1.35 bits per heavy atom. The molecule has 2 N–H and O–H groups in total. The second-order valence-corrected chi connectivity index (χ2v) is 4.44. The van der Waals surface area contributed by atoms with Gasteiger partial charge in [0.2, 0.25) is 5.88 Å². The van der Waals surface area contributed by atoms with E-state index in [9.17, 15) is 0 Å². The van der Waals surface area contributed by atoms with Gasteiger partial charge in [-0.2, -0.15) is 10.2 Å². The third-order valence-electron chi connectivity index (χ3n) is 2.94. The van der Waals surface area contributed by atoms with Crippen molar-refractivity contribution in [1.29, 1.82) is 5.26 Å². The average molecular weight is 268 g/mol. The van der Waals surface area contributed by atoms with Crippen molar-refractivity contribution in [2.75, 3.05) is 24.8 Å². The molecular formula is C15H16N4O. The maximum absolute atomic E-state index is 8.91. The summed E-state index contributed by atoms with van der Waals surface area (Å²) in [5.74, 6) is 1.18. The first-order valence-corrected chi connectivity index (χ1v) is 6.14. The fraction of sp³-hybridized carbons (Fsp3) is 0.200. The molecular weight excluding hydrogens is 252 g/mol.